The zero-order valence-corrected chi connectivity index (χ0v) is 18.0. The molecule has 0 spiro atoms. The first-order chi connectivity index (χ1) is 16.0. The number of aromatic nitrogens is 1. The topological polar surface area (TPSA) is 75.4 Å². The number of benzene rings is 1. The van der Waals surface area contributed by atoms with Gasteiger partial charge in [-0.05, 0) is 48.6 Å². The highest BCUT2D eigenvalue weighted by molar-refractivity contribution is 5.95. The highest BCUT2D eigenvalue weighted by atomic mass is 19.3. The highest BCUT2D eigenvalue weighted by Gasteiger charge is 2.34. The van der Waals surface area contributed by atoms with Gasteiger partial charge in [0.05, 0.1) is 12.3 Å². The number of halogens is 2. The van der Waals surface area contributed by atoms with E-state index >= 15 is 0 Å². The summed E-state index contributed by atoms with van der Waals surface area (Å²) in [4.78, 5) is 32.4. The van der Waals surface area contributed by atoms with Gasteiger partial charge >= 0.3 is 0 Å². The minimum Gasteiger partial charge on any atom is -0.459 e. The molecule has 33 heavy (non-hydrogen) atoms. The van der Waals surface area contributed by atoms with Crippen molar-refractivity contribution in [2.75, 3.05) is 6.54 Å². The molecule has 0 aliphatic carbocycles. The van der Waals surface area contributed by atoms with Gasteiger partial charge in [-0.25, -0.2) is 8.78 Å². The van der Waals surface area contributed by atoms with E-state index in [1.807, 2.05) is 12.1 Å². The lowest BCUT2D eigenvalue weighted by Crippen LogP contribution is -2.51. The van der Waals surface area contributed by atoms with Crippen LogP contribution < -0.4 is 5.32 Å². The van der Waals surface area contributed by atoms with Gasteiger partial charge in [0, 0.05) is 30.9 Å². The summed E-state index contributed by atoms with van der Waals surface area (Å²) in [6, 6.07) is 11.7. The molecule has 3 heterocycles. The van der Waals surface area contributed by atoms with E-state index in [4.69, 9.17) is 4.42 Å². The molecule has 2 atom stereocenters. The molecule has 1 saturated heterocycles. The van der Waals surface area contributed by atoms with Crippen LogP contribution in [0.25, 0.3) is 0 Å². The van der Waals surface area contributed by atoms with Crippen LogP contribution in [0.15, 0.2) is 71.6 Å². The Kier molecular flexibility index (Phi) is 7.12. The summed E-state index contributed by atoms with van der Waals surface area (Å²) in [5, 5.41) is 2.79. The Labute approximate surface area is 190 Å². The molecular formula is C25H25F2N3O3. The first-order valence-corrected chi connectivity index (χ1v) is 10.9. The third kappa shape index (κ3) is 5.45. The quantitative estimate of drug-likeness (QED) is 0.562. The third-order valence-corrected chi connectivity index (χ3v) is 5.87. The summed E-state index contributed by atoms with van der Waals surface area (Å²) in [7, 11) is 0. The number of pyridine rings is 1. The van der Waals surface area contributed by atoms with Gasteiger partial charge in [0.15, 0.2) is 5.76 Å². The first kappa shape index (κ1) is 22.6. The summed E-state index contributed by atoms with van der Waals surface area (Å²) in [5.41, 5.74) is 1.53. The molecule has 0 unspecified atom stereocenters. The van der Waals surface area contributed by atoms with Gasteiger partial charge in [0.25, 0.3) is 12.3 Å². The number of amides is 2. The maximum absolute atomic E-state index is 13.7. The van der Waals surface area contributed by atoms with Gasteiger partial charge < -0.3 is 14.6 Å². The van der Waals surface area contributed by atoms with Gasteiger partial charge in [-0.1, -0.05) is 30.3 Å². The lowest BCUT2D eigenvalue weighted by molar-refractivity contribution is -0.137. The molecule has 1 fully saturated rings. The van der Waals surface area contributed by atoms with Crippen molar-refractivity contribution < 1.29 is 22.8 Å². The average Bonchev–Trinajstić information content (AvgIpc) is 3.39. The van der Waals surface area contributed by atoms with Crippen LogP contribution in [0.5, 0.6) is 0 Å². The SMILES string of the molecule is O=C(N[C@@H](Cc1ccc(C(F)F)cc1)C(=O)N1CCCC[C@@H]1c1cccnc1)c1ccco1. The van der Waals surface area contributed by atoms with Crippen molar-refractivity contribution in [3.63, 3.8) is 0 Å². The van der Waals surface area contributed by atoms with Crippen LogP contribution in [0, 0.1) is 0 Å². The van der Waals surface area contributed by atoms with Crippen LogP contribution >= 0.6 is 0 Å². The van der Waals surface area contributed by atoms with E-state index in [0.29, 0.717) is 12.1 Å². The van der Waals surface area contributed by atoms with E-state index in [9.17, 15) is 18.4 Å². The van der Waals surface area contributed by atoms with Gasteiger partial charge in [-0.3, -0.25) is 14.6 Å². The maximum Gasteiger partial charge on any atom is 0.287 e. The van der Waals surface area contributed by atoms with Gasteiger partial charge in [-0.2, -0.15) is 0 Å². The van der Waals surface area contributed by atoms with E-state index in [1.54, 1.807) is 35.5 Å². The van der Waals surface area contributed by atoms with Crippen molar-refractivity contribution >= 4 is 11.8 Å². The molecule has 8 heteroatoms. The summed E-state index contributed by atoms with van der Waals surface area (Å²) in [5.74, 6) is -0.623. The number of furan rings is 1. The minimum atomic E-state index is -2.57. The smallest absolute Gasteiger partial charge is 0.287 e. The van der Waals surface area contributed by atoms with Crippen LogP contribution in [-0.4, -0.2) is 34.3 Å². The van der Waals surface area contributed by atoms with Crippen LogP contribution in [0.3, 0.4) is 0 Å². The minimum absolute atomic E-state index is 0.0890. The summed E-state index contributed by atoms with van der Waals surface area (Å²) >= 11 is 0. The van der Waals surface area contributed by atoms with Gasteiger partial charge in [0.1, 0.15) is 6.04 Å². The number of nitrogens with one attached hydrogen (secondary N) is 1. The molecule has 2 amide bonds. The second-order valence-corrected chi connectivity index (χ2v) is 8.08. The van der Waals surface area contributed by atoms with Gasteiger partial charge in [0.2, 0.25) is 5.91 Å². The van der Waals surface area contributed by atoms with Crippen molar-refractivity contribution in [3.05, 3.63) is 89.6 Å². The fraction of sp³-hybridized carbons (Fsp3) is 0.320. The number of hydrogen-bond acceptors (Lipinski definition) is 4. The lowest BCUT2D eigenvalue weighted by atomic mass is 9.94. The molecule has 6 nitrogen and oxygen atoms in total. The Bertz CT molecular complexity index is 1060. The molecule has 1 N–H and O–H groups in total. The van der Waals surface area contributed by atoms with Crippen LogP contribution in [0.2, 0.25) is 0 Å². The Morgan fingerprint density at radius 3 is 2.61 bits per heavy atom. The number of nitrogens with zero attached hydrogens (tertiary/aromatic N) is 2. The van der Waals surface area contributed by atoms with E-state index in [2.05, 4.69) is 10.3 Å². The standard InChI is InChI=1S/C25H25F2N3O3/c26-23(27)18-10-8-17(9-11-18)15-20(29-24(31)22-7-4-14-33-22)25(32)30-13-2-1-6-21(30)19-5-3-12-28-16-19/h3-5,7-12,14,16,20-21,23H,1-2,6,13,15H2,(H,29,31)/t20-,21+/m0/s1. The molecule has 2 aromatic heterocycles. The van der Waals surface area contributed by atoms with Crippen LogP contribution in [0.4, 0.5) is 8.78 Å². The monoisotopic (exact) mass is 453 g/mol. The molecule has 1 aliphatic heterocycles. The Balaban J connectivity index is 1.59. The Hall–Kier alpha value is -3.55. The van der Waals surface area contributed by atoms with E-state index in [1.165, 1.54) is 24.5 Å². The second kappa shape index (κ2) is 10.4. The summed E-state index contributed by atoms with van der Waals surface area (Å²) in [6.45, 7) is 0.565. The molecule has 0 saturated carbocycles. The van der Waals surface area contributed by atoms with E-state index < -0.39 is 18.4 Å². The molecule has 1 aliphatic rings. The first-order valence-electron chi connectivity index (χ1n) is 10.9. The van der Waals surface area contributed by atoms with Crippen molar-refractivity contribution in [2.24, 2.45) is 0 Å². The molecule has 4 rings (SSSR count). The Morgan fingerprint density at radius 2 is 1.94 bits per heavy atom. The number of carbonyl (C=O) groups is 2. The predicted octanol–water partition coefficient (Wildman–Crippen LogP) is 4.71. The van der Waals surface area contributed by atoms with Crippen LogP contribution in [0.1, 0.15) is 59.0 Å². The largest absolute Gasteiger partial charge is 0.459 e. The zero-order valence-electron chi connectivity index (χ0n) is 18.0. The second-order valence-electron chi connectivity index (χ2n) is 8.08. The van der Waals surface area contributed by atoms with Crippen LogP contribution in [-0.2, 0) is 11.2 Å². The summed E-state index contributed by atoms with van der Waals surface area (Å²) in [6.07, 6.45) is 5.10. The van der Waals surface area contributed by atoms with Crippen molar-refractivity contribution in [2.45, 2.75) is 44.2 Å². The molecule has 3 aromatic rings. The zero-order chi connectivity index (χ0) is 23.2. The number of alkyl halides is 2. The molecule has 172 valence electrons. The number of carbonyl (C=O) groups excluding carboxylic acids is 2. The number of hydrogen-bond donors (Lipinski definition) is 1. The fourth-order valence-electron chi connectivity index (χ4n) is 4.19. The lowest BCUT2D eigenvalue weighted by Gasteiger charge is -2.38. The molecule has 1 aromatic carbocycles. The summed E-state index contributed by atoms with van der Waals surface area (Å²) < 4.78 is 31.0. The van der Waals surface area contributed by atoms with Crippen molar-refractivity contribution in [3.8, 4) is 0 Å². The highest BCUT2D eigenvalue weighted by Crippen LogP contribution is 2.31. The Morgan fingerprint density at radius 1 is 1.12 bits per heavy atom. The fourth-order valence-corrected chi connectivity index (χ4v) is 4.19. The van der Waals surface area contributed by atoms with Gasteiger partial charge in [-0.15, -0.1) is 0 Å². The number of piperidine rings is 1. The maximum atomic E-state index is 13.7. The number of likely N-dealkylation sites (tertiary alicyclic amines) is 1. The molecule has 0 bridgehead atoms. The molecule has 0 radical (unpaired) electrons. The van der Waals surface area contributed by atoms with Crippen molar-refractivity contribution in [1.82, 2.24) is 15.2 Å². The normalized spacial score (nSPS) is 17.1. The van der Waals surface area contributed by atoms with E-state index in [0.717, 1.165) is 24.8 Å². The predicted molar refractivity (Wildman–Crippen MR) is 118 cm³/mol. The third-order valence-electron chi connectivity index (χ3n) is 5.87. The number of rotatable bonds is 7. The van der Waals surface area contributed by atoms with E-state index in [-0.39, 0.29) is 29.7 Å². The van der Waals surface area contributed by atoms with Crippen molar-refractivity contribution in [1.29, 1.82) is 0 Å². The molecular weight excluding hydrogens is 428 g/mol. The average molecular weight is 453 g/mol.